The molecule has 0 unspecified atom stereocenters. The molecular formula is C10H10N2O2. The SMILES string of the molecule is Cc1cc(/C=C(/C#N)C(=O)O)c(C)[nH]1. The van der Waals surface area contributed by atoms with E-state index in [2.05, 4.69) is 4.98 Å². The number of carboxylic acid groups (broad SMARTS) is 1. The van der Waals surface area contributed by atoms with Crippen LogP contribution in [0.3, 0.4) is 0 Å². The van der Waals surface area contributed by atoms with Gasteiger partial charge in [0.25, 0.3) is 0 Å². The highest BCUT2D eigenvalue weighted by Crippen LogP contribution is 2.13. The maximum Gasteiger partial charge on any atom is 0.346 e. The first-order chi connectivity index (χ1) is 6.54. The number of nitrogens with zero attached hydrogens (tertiary/aromatic N) is 1. The third-order valence-corrected chi connectivity index (χ3v) is 1.84. The molecule has 1 rings (SSSR count). The zero-order chi connectivity index (χ0) is 10.7. The predicted molar refractivity (Wildman–Crippen MR) is 51.5 cm³/mol. The van der Waals surface area contributed by atoms with Gasteiger partial charge in [-0.2, -0.15) is 5.26 Å². The second-order valence-electron chi connectivity index (χ2n) is 3.01. The van der Waals surface area contributed by atoms with Crippen molar-refractivity contribution in [2.24, 2.45) is 0 Å². The van der Waals surface area contributed by atoms with Gasteiger partial charge in [0.1, 0.15) is 11.6 Å². The summed E-state index contributed by atoms with van der Waals surface area (Å²) < 4.78 is 0. The number of nitrogens with one attached hydrogen (secondary N) is 1. The lowest BCUT2D eigenvalue weighted by Gasteiger charge is -1.91. The number of H-pyrrole nitrogens is 1. The van der Waals surface area contributed by atoms with Gasteiger partial charge >= 0.3 is 5.97 Å². The molecule has 0 aromatic carbocycles. The number of nitriles is 1. The van der Waals surface area contributed by atoms with Crippen molar-refractivity contribution >= 4 is 12.0 Å². The second kappa shape index (κ2) is 3.79. The average Bonchev–Trinajstić information content (AvgIpc) is 2.40. The van der Waals surface area contributed by atoms with Crippen molar-refractivity contribution in [1.29, 1.82) is 5.26 Å². The molecule has 14 heavy (non-hydrogen) atoms. The van der Waals surface area contributed by atoms with Gasteiger partial charge in [0.2, 0.25) is 0 Å². The first-order valence-electron chi connectivity index (χ1n) is 4.06. The van der Waals surface area contributed by atoms with Crippen LogP contribution in [0.5, 0.6) is 0 Å². The lowest BCUT2D eigenvalue weighted by molar-refractivity contribution is -0.132. The van der Waals surface area contributed by atoms with Gasteiger partial charge in [-0.05, 0) is 31.6 Å². The van der Waals surface area contributed by atoms with Crippen LogP contribution in [-0.4, -0.2) is 16.1 Å². The molecule has 0 aliphatic heterocycles. The normalized spacial score (nSPS) is 11.1. The predicted octanol–water partition coefficient (Wildman–Crippen LogP) is 1.62. The summed E-state index contributed by atoms with van der Waals surface area (Å²) >= 11 is 0. The molecule has 2 N–H and O–H groups in total. The number of aryl methyl sites for hydroxylation is 2. The minimum Gasteiger partial charge on any atom is -0.477 e. The molecule has 4 heteroatoms. The largest absolute Gasteiger partial charge is 0.477 e. The van der Waals surface area contributed by atoms with Gasteiger partial charge < -0.3 is 10.1 Å². The summed E-state index contributed by atoms with van der Waals surface area (Å²) in [6.45, 7) is 3.70. The van der Waals surface area contributed by atoms with Gasteiger partial charge in [-0.3, -0.25) is 0 Å². The summed E-state index contributed by atoms with van der Waals surface area (Å²) in [5.41, 5.74) is 2.28. The van der Waals surface area contributed by atoms with Crippen LogP contribution in [0.25, 0.3) is 6.08 Å². The number of hydrogen-bond donors (Lipinski definition) is 2. The minimum atomic E-state index is -1.20. The summed E-state index contributed by atoms with van der Waals surface area (Å²) in [6, 6.07) is 3.44. The average molecular weight is 190 g/mol. The van der Waals surface area contributed by atoms with E-state index in [-0.39, 0.29) is 5.57 Å². The fourth-order valence-electron chi connectivity index (χ4n) is 1.19. The van der Waals surface area contributed by atoms with Crippen LogP contribution in [0.4, 0.5) is 0 Å². The molecular weight excluding hydrogens is 180 g/mol. The van der Waals surface area contributed by atoms with Crippen LogP contribution in [0.15, 0.2) is 11.6 Å². The fraction of sp³-hybridized carbons (Fsp3) is 0.200. The second-order valence-corrected chi connectivity index (χ2v) is 3.01. The highest BCUT2D eigenvalue weighted by Gasteiger charge is 2.07. The highest BCUT2D eigenvalue weighted by atomic mass is 16.4. The van der Waals surface area contributed by atoms with Crippen LogP contribution in [0.1, 0.15) is 17.0 Å². The van der Waals surface area contributed by atoms with E-state index < -0.39 is 5.97 Å². The molecule has 72 valence electrons. The third-order valence-electron chi connectivity index (χ3n) is 1.84. The zero-order valence-corrected chi connectivity index (χ0v) is 7.96. The van der Waals surface area contributed by atoms with Crippen molar-refractivity contribution in [3.63, 3.8) is 0 Å². The third kappa shape index (κ3) is 2.02. The van der Waals surface area contributed by atoms with Crippen LogP contribution >= 0.6 is 0 Å². The smallest absolute Gasteiger partial charge is 0.346 e. The van der Waals surface area contributed by atoms with Crippen molar-refractivity contribution in [3.05, 3.63) is 28.6 Å². The Hall–Kier alpha value is -2.02. The van der Waals surface area contributed by atoms with Crippen LogP contribution in [0, 0.1) is 25.2 Å². The summed E-state index contributed by atoms with van der Waals surface area (Å²) in [6.07, 6.45) is 1.36. The maximum atomic E-state index is 10.6. The van der Waals surface area contributed by atoms with Crippen molar-refractivity contribution in [1.82, 2.24) is 4.98 Å². The molecule has 0 saturated carbocycles. The van der Waals surface area contributed by atoms with E-state index in [1.165, 1.54) is 6.08 Å². The van der Waals surface area contributed by atoms with Crippen LogP contribution < -0.4 is 0 Å². The molecule has 0 atom stereocenters. The summed E-state index contributed by atoms with van der Waals surface area (Å²) in [5.74, 6) is -1.20. The molecule has 0 aliphatic carbocycles. The number of carboxylic acids is 1. The first kappa shape index (κ1) is 10.1. The van der Waals surface area contributed by atoms with Crippen molar-refractivity contribution in [3.8, 4) is 6.07 Å². The molecule has 0 aliphatic rings. The van der Waals surface area contributed by atoms with Gasteiger partial charge in [-0.25, -0.2) is 4.79 Å². The van der Waals surface area contributed by atoms with E-state index in [9.17, 15) is 4.79 Å². The Balaban J connectivity index is 3.14. The molecule has 0 amide bonds. The standard InChI is InChI=1S/C10H10N2O2/c1-6-3-8(7(2)12-6)4-9(5-11)10(13)14/h3-4,12H,1-2H3,(H,13,14)/b9-4-. The zero-order valence-electron chi connectivity index (χ0n) is 7.96. The Bertz CT molecular complexity index is 435. The summed E-state index contributed by atoms with van der Waals surface area (Å²) in [4.78, 5) is 13.6. The molecule has 1 aromatic heterocycles. The molecule has 0 fully saturated rings. The van der Waals surface area contributed by atoms with E-state index in [4.69, 9.17) is 10.4 Å². The van der Waals surface area contributed by atoms with Gasteiger partial charge in [0.15, 0.2) is 0 Å². The van der Waals surface area contributed by atoms with Crippen LogP contribution in [-0.2, 0) is 4.79 Å². The first-order valence-corrected chi connectivity index (χ1v) is 4.06. The molecule has 1 aromatic rings. The number of rotatable bonds is 2. The lowest BCUT2D eigenvalue weighted by Crippen LogP contribution is -1.97. The van der Waals surface area contributed by atoms with Crippen LogP contribution in [0.2, 0.25) is 0 Å². The Labute approximate surface area is 81.5 Å². The Morgan fingerprint density at radius 3 is 2.64 bits per heavy atom. The van der Waals surface area contributed by atoms with Gasteiger partial charge in [-0.1, -0.05) is 0 Å². The van der Waals surface area contributed by atoms with E-state index in [1.54, 1.807) is 12.1 Å². The molecule has 4 nitrogen and oxygen atoms in total. The van der Waals surface area contributed by atoms with E-state index >= 15 is 0 Å². The van der Waals surface area contributed by atoms with E-state index in [0.29, 0.717) is 0 Å². The van der Waals surface area contributed by atoms with E-state index in [0.717, 1.165) is 17.0 Å². The van der Waals surface area contributed by atoms with Crippen molar-refractivity contribution in [2.75, 3.05) is 0 Å². The Morgan fingerprint density at radius 1 is 1.64 bits per heavy atom. The van der Waals surface area contributed by atoms with Gasteiger partial charge in [-0.15, -0.1) is 0 Å². The Morgan fingerprint density at radius 2 is 2.29 bits per heavy atom. The summed E-state index contributed by atoms with van der Waals surface area (Å²) in [5, 5.41) is 17.2. The number of aliphatic carboxylic acids is 1. The number of carbonyl (C=O) groups is 1. The Kier molecular flexibility index (Phi) is 2.73. The number of hydrogen-bond acceptors (Lipinski definition) is 2. The summed E-state index contributed by atoms with van der Waals surface area (Å²) in [7, 11) is 0. The molecule has 0 saturated heterocycles. The lowest BCUT2D eigenvalue weighted by atomic mass is 10.1. The maximum absolute atomic E-state index is 10.6. The van der Waals surface area contributed by atoms with Gasteiger partial charge in [0, 0.05) is 11.4 Å². The molecule has 0 radical (unpaired) electrons. The van der Waals surface area contributed by atoms with Gasteiger partial charge in [0.05, 0.1) is 0 Å². The van der Waals surface area contributed by atoms with E-state index in [1.807, 2.05) is 13.8 Å². The molecule has 0 spiro atoms. The fourth-order valence-corrected chi connectivity index (χ4v) is 1.19. The van der Waals surface area contributed by atoms with Crippen molar-refractivity contribution < 1.29 is 9.90 Å². The number of aromatic amines is 1. The van der Waals surface area contributed by atoms with Crippen molar-refractivity contribution in [2.45, 2.75) is 13.8 Å². The molecule has 1 heterocycles. The number of aromatic nitrogens is 1. The minimum absolute atomic E-state index is 0.257. The molecule has 0 bridgehead atoms. The highest BCUT2D eigenvalue weighted by molar-refractivity contribution is 5.96. The monoisotopic (exact) mass is 190 g/mol. The topological polar surface area (TPSA) is 76.9 Å². The quantitative estimate of drug-likeness (QED) is 0.549.